The van der Waals surface area contributed by atoms with Gasteiger partial charge in [-0.1, -0.05) is 19.9 Å². The Labute approximate surface area is 142 Å². The third kappa shape index (κ3) is 4.24. The van der Waals surface area contributed by atoms with Crippen LogP contribution in [0.1, 0.15) is 20.8 Å². The minimum atomic E-state index is -3.74. The van der Waals surface area contributed by atoms with Crippen molar-refractivity contribution in [1.29, 1.82) is 0 Å². The molecule has 1 fully saturated rings. The number of hydrogen-bond acceptors (Lipinski definition) is 3. The first kappa shape index (κ1) is 18.7. The van der Waals surface area contributed by atoms with E-state index in [1.807, 2.05) is 20.8 Å². The van der Waals surface area contributed by atoms with Crippen molar-refractivity contribution in [2.24, 2.45) is 5.92 Å². The summed E-state index contributed by atoms with van der Waals surface area (Å²) >= 11 is 0. The van der Waals surface area contributed by atoms with Crippen LogP contribution in [0.3, 0.4) is 0 Å². The highest BCUT2D eigenvalue weighted by Crippen LogP contribution is 2.18. The van der Waals surface area contributed by atoms with Gasteiger partial charge in [-0.25, -0.2) is 17.6 Å². The first-order valence-electron chi connectivity index (χ1n) is 8.03. The smallest absolute Gasteiger partial charge is 0.317 e. The van der Waals surface area contributed by atoms with Gasteiger partial charge in [0.1, 0.15) is 5.82 Å². The van der Waals surface area contributed by atoms with Crippen LogP contribution in [0.15, 0.2) is 29.2 Å². The fourth-order valence-electron chi connectivity index (χ4n) is 2.36. The Bertz CT molecular complexity index is 686. The Hall–Kier alpha value is -1.67. The predicted octanol–water partition coefficient (Wildman–Crippen LogP) is 1.89. The predicted molar refractivity (Wildman–Crippen MR) is 89.6 cm³/mol. The molecule has 1 aliphatic heterocycles. The fraction of sp³-hybridized carbons (Fsp3) is 0.562. The van der Waals surface area contributed by atoms with Crippen LogP contribution in [-0.2, 0) is 10.0 Å². The number of rotatable bonds is 4. The average molecular weight is 357 g/mol. The summed E-state index contributed by atoms with van der Waals surface area (Å²) in [7, 11) is -3.74. The molecule has 0 aliphatic carbocycles. The van der Waals surface area contributed by atoms with Crippen molar-refractivity contribution >= 4 is 16.1 Å². The van der Waals surface area contributed by atoms with Crippen molar-refractivity contribution in [3.8, 4) is 0 Å². The first-order valence-corrected chi connectivity index (χ1v) is 9.47. The molecule has 1 atom stereocenters. The number of carbonyl (C=O) groups excluding carboxylic acids is 1. The summed E-state index contributed by atoms with van der Waals surface area (Å²) in [4.78, 5) is 13.7. The van der Waals surface area contributed by atoms with Crippen molar-refractivity contribution in [3.63, 3.8) is 0 Å². The van der Waals surface area contributed by atoms with Gasteiger partial charge in [0, 0.05) is 32.2 Å². The molecule has 24 heavy (non-hydrogen) atoms. The van der Waals surface area contributed by atoms with Crippen LogP contribution < -0.4 is 5.32 Å². The molecule has 0 saturated carbocycles. The van der Waals surface area contributed by atoms with Crippen LogP contribution in [0.25, 0.3) is 0 Å². The lowest BCUT2D eigenvalue weighted by molar-refractivity contribution is 0.167. The van der Waals surface area contributed by atoms with Crippen molar-refractivity contribution < 1.29 is 17.6 Å². The van der Waals surface area contributed by atoms with Crippen LogP contribution in [0.4, 0.5) is 9.18 Å². The van der Waals surface area contributed by atoms with E-state index in [0.717, 1.165) is 6.07 Å². The molecule has 1 saturated heterocycles. The highest BCUT2D eigenvalue weighted by Gasteiger charge is 2.30. The minimum Gasteiger partial charge on any atom is -0.335 e. The third-order valence-corrected chi connectivity index (χ3v) is 6.21. The number of nitrogens with zero attached hydrogens (tertiary/aromatic N) is 2. The topological polar surface area (TPSA) is 69.7 Å². The molecule has 8 heteroatoms. The van der Waals surface area contributed by atoms with E-state index in [4.69, 9.17) is 0 Å². The van der Waals surface area contributed by atoms with Crippen molar-refractivity contribution in [2.45, 2.75) is 31.7 Å². The number of nitrogens with one attached hydrogen (secondary N) is 1. The van der Waals surface area contributed by atoms with E-state index in [-0.39, 0.29) is 30.1 Å². The molecule has 0 bridgehead atoms. The monoisotopic (exact) mass is 357 g/mol. The van der Waals surface area contributed by atoms with Crippen molar-refractivity contribution in [1.82, 2.24) is 14.5 Å². The molecule has 1 aromatic carbocycles. The molecule has 2 amide bonds. The van der Waals surface area contributed by atoms with Crippen LogP contribution in [-0.4, -0.2) is 55.9 Å². The van der Waals surface area contributed by atoms with E-state index in [0.29, 0.717) is 19.0 Å². The molecular weight excluding hydrogens is 333 g/mol. The largest absolute Gasteiger partial charge is 0.335 e. The number of halogens is 1. The van der Waals surface area contributed by atoms with Gasteiger partial charge >= 0.3 is 6.03 Å². The summed E-state index contributed by atoms with van der Waals surface area (Å²) in [5.41, 5.74) is 0. The molecular formula is C16H24FN3O3S. The molecule has 1 aliphatic rings. The van der Waals surface area contributed by atoms with Gasteiger partial charge in [0.05, 0.1) is 4.90 Å². The Morgan fingerprint density at radius 1 is 1.17 bits per heavy atom. The maximum atomic E-state index is 13.3. The summed E-state index contributed by atoms with van der Waals surface area (Å²) in [5.74, 6) is -0.264. The zero-order chi connectivity index (χ0) is 17.9. The minimum absolute atomic E-state index is 0.0477. The molecule has 0 radical (unpaired) electrons. The maximum Gasteiger partial charge on any atom is 0.317 e. The van der Waals surface area contributed by atoms with Gasteiger partial charge in [-0.05, 0) is 31.0 Å². The number of carbonyl (C=O) groups is 1. The Balaban J connectivity index is 1.98. The van der Waals surface area contributed by atoms with Crippen LogP contribution in [0, 0.1) is 11.7 Å². The van der Waals surface area contributed by atoms with Crippen molar-refractivity contribution in [3.05, 3.63) is 30.1 Å². The average Bonchev–Trinajstić information content (AvgIpc) is 2.54. The first-order chi connectivity index (χ1) is 11.2. The fourth-order valence-corrected chi connectivity index (χ4v) is 3.81. The summed E-state index contributed by atoms with van der Waals surface area (Å²) in [6.07, 6.45) is 0. The van der Waals surface area contributed by atoms with Gasteiger partial charge in [-0.15, -0.1) is 0 Å². The summed E-state index contributed by atoms with van der Waals surface area (Å²) in [6, 6.07) is 4.84. The molecule has 6 nitrogen and oxygen atoms in total. The molecule has 1 heterocycles. The number of sulfonamides is 1. The van der Waals surface area contributed by atoms with E-state index in [1.165, 1.54) is 22.5 Å². The molecule has 0 aromatic heterocycles. The lowest BCUT2D eigenvalue weighted by Gasteiger charge is -2.35. The number of benzene rings is 1. The molecule has 1 unspecified atom stereocenters. The van der Waals surface area contributed by atoms with Crippen molar-refractivity contribution in [2.75, 3.05) is 26.2 Å². The van der Waals surface area contributed by atoms with Gasteiger partial charge in [0.25, 0.3) is 0 Å². The maximum absolute atomic E-state index is 13.3. The third-order valence-electron chi connectivity index (χ3n) is 4.31. The van der Waals surface area contributed by atoms with Gasteiger partial charge in [-0.2, -0.15) is 4.31 Å². The quantitative estimate of drug-likeness (QED) is 0.895. The molecule has 1 N–H and O–H groups in total. The van der Waals surface area contributed by atoms with E-state index < -0.39 is 15.8 Å². The van der Waals surface area contributed by atoms with Gasteiger partial charge in [0.15, 0.2) is 0 Å². The Morgan fingerprint density at radius 2 is 1.79 bits per heavy atom. The second kappa shape index (κ2) is 7.48. The van der Waals surface area contributed by atoms with E-state index in [2.05, 4.69) is 5.32 Å². The standard InChI is InChI=1S/C16H24FN3O3S/c1-12(2)13(3)18-16(21)19-7-9-20(10-8-19)24(22,23)15-6-4-5-14(17)11-15/h4-6,11-13H,7-10H2,1-3H3,(H,18,21). The Kier molecular flexibility index (Phi) is 5.82. The second-order valence-electron chi connectivity index (χ2n) is 6.33. The molecule has 134 valence electrons. The highest BCUT2D eigenvalue weighted by molar-refractivity contribution is 7.89. The summed E-state index contributed by atoms with van der Waals surface area (Å²) < 4.78 is 39.6. The van der Waals surface area contributed by atoms with E-state index in [9.17, 15) is 17.6 Å². The Morgan fingerprint density at radius 3 is 2.33 bits per heavy atom. The molecule has 1 aromatic rings. The number of hydrogen-bond donors (Lipinski definition) is 1. The van der Waals surface area contributed by atoms with Gasteiger partial charge in [0.2, 0.25) is 10.0 Å². The number of urea groups is 1. The van der Waals surface area contributed by atoms with E-state index in [1.54, 1.807) is 4.90 Å². The summed E-state index contributed by atoms with van der Waals surface area (Å²) in [6.45, 7) is 7.00. The van der Waals surface area contributed by atoms with E-state index >= 15 is 0 Å². The SMILES string of the molecule is CC(C)C(C)NC(=O)N1CCN(S(=O)(=O)c2cccc(F)c2)CC1. The van der Waals surface area contributed by atoms with Crippen LogP contribution >= 0.6 is 0 Å². The normalized spacial score (nSPS) is 17.8. The van der Waals surface area contributed by atoms with Crippen LogP contribution in [0.5, 0.6) is 0 Å². The second-order valence-corrected chi connectivity index (χ2v) is 8.27. The molecule has 0 spiro atoms. The molecule has 2 rings (SSSR count). The zero-order valence-electron chi connectivity index (χ0n) is 14.2. The number of amides is 2. The summed E-state index contributed by atoms with van der Waals surface area (Å²) in [5, 5.41) is 2.91. The lowest BCUT2D eigenvalue weighted by atomic mass is 10.1. The lowest BCUT2D eigenvalue weighted by Crippen LogP contribution is -2.54. The zero-order valence-corrected chi connectivity index (χ0v) is 15.0. The van der Waals surface area contributed by atoms with Crippen LogP contribution in [0.2, 0.25) is 0 Å². The highest BCUT2D eigenvalue weighted by atomic mass is 32.2. The number of piperazine rings is 1. The van der Waals surface area contributed by atoms with Gasteiger partial charge in [-0.3, -0.25) is 0 Å². The van der Waals surface area contributed by atoms with Gasteiger partial charge < -0.3 is 10.2 Å².